The van der Waals surface area contributed by atoms with Gasteiger partial charge in [0.15, 0.2) is 23.4 Å². The van der Waals surface area contributed by atoms with Gasteiger partial charge in [-0.25, -0.2) is 4.79 Å². The van der Waals surface area contributed by atoms with Gasteiger partial charge >= 0.3 is 5.63 Å². The number of rotatable bonds is 7. The van der Waals surface area contributed by atoms with Crippen LogP contribution in [-0.2, 0) is 9.53 Å². The third kappa shape index (κ3) is 3.22. The topological polar surface area (TPSA) is 75.0 Å². The van der Waals surface area contributed by atoms with Gasteiger partial charge in [-0.15, -0.1) is 0 Å². The monoisotopic (exact) mass is 356 g/mol. The minimum Gasteiger partial charge on any atom is -0.493 e. The number of unbranched alkanes of at least 4 members (excludes halogenated alkanes) is 1. The molecule has 0 spiro atoms. The number of hydrogen-bond acceptors (Lipinski definition) is 6. The Labute approximate surface area is 150 Å². The van der Waals surface area contributed by atoms with Crippen molar-refractivity contribution in [3.05, 3.63) is 58.4 Å². The molecule has 1 aliphatic heterocycles. The zero-order valence-corrected chi connectivity index (χ0v) is 14.7. The highest BCUT2D eigenvalue weighted by Crippen LogP contribution is 2.40. The lowest BCUT2D eigenvalue weighted by atomic mass is 9.97. The van der Waals surface area contributed by atoms with E-state index < -0.39 is 5.63 Å². The van der Waals surface area contributed by atoms with Crippen molar-refractivity contribution in [2.45, 2.75) is 32.3 Å². The van der Waals surface area contributed by atoms with Crippen LogP contribution in [0.4, 0.5) is 0 Å². The number of carbonyl (C=O) groups is 1. The highest BCUT2D eigenvalue weighted by Gasteiger charge is 2.34. The number of methoxy groups -OCH3 is 1. The van der Waals surface area contributed by atoms with Crippen molar-refractivity contribution in [2.75, 3.05) is 7.11 Å². The number of hydrogen-bond donors (Lipinski definition) is 0. The Morgan fingerprint density at radius 2 is 2.08 bits per heavy atom. The summed E-state index contributed by atoms with van der Waals surface area (Å²) in [6.45, 7) is 6.08. The quantitative estimate of drug-likeness (QED) is 0.326. The Morgan fingerprint density at radius 3 is 2.73 bits per heavy atom. The summed E-state index contributed by atoms with van der Waals surface area (Å²) in [5.41, 5.74) is 0.394. The lowest BCUT2D eigenvalue weighted by Gasteiger charge is -2.34. The SMILES string of the molecule is C=C1/C(=C(\C=O)Oc2c(OC)ccc3ccc(=O)oc23)OC1CCCC. The van der Waals surface area contributed by atoms with Gasteiger partial charge < -0.3 is 18.6 Å². The highest BCUT2D eigenvalue weighted by atomic mass is 16.6. The zero-order valence-electron chi connectivity index (χ0n) is 14.7. The maximum atomic E-state index is 11.6. The van der Waals surface area contributed by atoms with Crippen LogP contribution < -0.4 is 15.1 Å². The second-order valence-electron chi connectivity index (χ2n) is 5.96. The summed E-state index contributed by atoms with van der Waals surface area (Å²) in [6, 6.07) is 6.33. The van der Waals surface area contributed by atoms with Crippen molar-refractivity contribution in [2.24, 2.45) is 0 Å². The van der Waals surface area contributed by atoms with Gasteiger partial charge in [0.1, 0.15) is 6.10 Å². The van der Waals surface area contributed by atoms with Crippen LogP contribution in [0.15, 0.2) is 57.1 Å². The number of ether oxygens (including phenoxy) is 3. The molecule has 0 N–H and O–H groups in total. The third-order valence-electron chi connectivity index (χ3n) is 4.23. The summed E-state index contributed by atoms with van der Waals surface area (Å²) in [5, 5.41) is 0.643. The predicted octanol–water partition coefficient (Wildman–Crippen LogP) is 3.74. The standard InChI is InChI=1S/C20H20O6/c1-4-5-6-14-12(2)18(24-14)16(11-21)25-20-15(23-3)9-7-13-8-10-17(22)26-19(13)20/h7-11,14H,2,4-6H2,1,3H3/b18-16-. The lowest BCUT2D eigenvalue weighted by Crippen LogP contribution is -2.30. The van der Waals surface area contributed by atoms with E-state index >= 15 is 0 Å². The van der Waals surface area contributed by atoms with Gasteiger partial charge in [0.05, 0.1) is 7.11 Å². The molecule has 6 heteroatoms. The molecular formula is C20H20O6. The first kappa shape index (κ1) is 17.8. The van der Waals surface area contributed by atoms with Crippen LogP contribution in [0.5, 0.6) is 11.5 Å². The molecule has 1 aliphatic rings. The van der Waals surface area contributed by atoms with Crippen LogP contribution in [0.2, 0.25) is 0 Å². The molecule has 0 radical (unpaired) electrons. The predicted molar refractivity (Wildman–Crippen MR) is 96.3 cm³/mol. The van der Waals surface area contributed by atoms with Gasteiger partial charge in [0.25, 0.3) is 0 Å². The molecule has 1 atom stereocenters. The maximum Gasteiger partial charge on any atom is 0.336 e. The molecule has 0 aliphatic carbocycles. The van der Waals surface area contributed by atoms with Crippen LogP contribution in [0.3, 0.4) is 0 Å². The van der Waals surface area contributed by atoms with Gasteiger partial charge in [-0.3, -0.25) is 4.79 Å². The van der Waals surface area contributed by atoms with Gasteiger partial charge in [-0.1, -0.05) is 19.9 Å². The average molecular weight is 356 g/mol. The minimum absolute atomic E-state index is 0.0277. The van der Waals surface area contributed by atoms with Gasteiger partial charge in [-0.05, 0) is 31.0 Å². The first-order valence-corrected chi connectivity index (χ1v) is 8.43. The molecular weight excluding hydrogens is 336 g/mol. The van der Waals surface area contributed by atoms with E-state index in [4.69, 9.17) is 18.6 Å². The van der Waals surface area contributed by atoms with E-state index in [9.17, 15) is 9.59 Å². The molecule has 2 heterocycles. The maximum absolute atomic E-state index is 11.6. The van der Waals surface area contributed by atoms with E-state index in [-0.39, 0.29) is 23.2 Å². The Bertz CT molecular complexity index is 937. The van der Waals surface area contributed by atoms with Crippen molar-refractivity contribution in [1.82, 2.24) is 0 Å². The van der Waals surface area contributed by atoms with E-state index in [0.717, 1.165) is 24.8 Å². The first-order valence-electron chi connectivity index (χ1n) is 8.43. The van der Waals surface area contributed by atoms with Gasteiger partial charge in [-0.2, -0.15) is 0 Å². The highest BCUT2D eigenvalue weighted by molar-refractivity contribution is 5.86. The molecule has 3 rings (SSSR count). The lowest BCUT2D eigenvalue weighted by molar-refractivity contribution is -0.107. The summed E-state index contributed by atoms with van der Waals surface area (Å²) in [7, 11) is 1.46. The second-order valence-corrected chi connectivity index (χ2v) is 5.96. The van der Waals surface area contributed by atoms with Gasteiger partial charge in [0, 0.05) is 17.0 Å². The number of allylic oxidation sites excluding steroid dienone is 1. The Balaban J connectivity index is 1.98. The third-order valence-corrected chi connectivity index (χ3v) is 4.23. The first-order chi connectivity index (χ1) is 12.6. The molecule has 6 nitrogen and oxygen atoms in total. The van der Waals surface area contributed by atoms with E-state index in [2.05, 4.69) is 13.5 Å². The summed E-state index contributed by atoms with van der Waals surface area (Å²) in [6.07, 6.45) is 3.36. The number of fused-ring (bicyclic) bond motifs is 1. The Kier molecular flexibility index (Phi) is 5.11. The van der Waals surface area contributed by atoms with Crippen molar-refractivity contribution in [3.8, 4) is 11.5 Å². The molecule has 0 amide bonds. The van der Waals surface area contributed by atoms with Crippen LogP contribution in [0, 0.1) is 0 Å². The van der Waals surface area contributed by atoms with E-state index in [1.165, 1.54) is 13.2 Å². The summed E-state index contributed by atoms with van der Waals surface area (Å²) in [4.78, 5) is 23.2. The minimum atomic E-state index is -0.528. The van der Waals surface area contributed by atoms with E-state index in [1.807, 2.05) is 0 Å². The average Bonchev–Trinajstić information content (AvgIpc) is 2.65. The second kappa shape index (κ2) is 7.47. The van der Waals surface area contributed by atoms with Crippen LogP contribution in [-0.4, -0.2) is 19.5 Å². The molecule has 26 heavy (non-hydrogen) atoms. The molecule has 1 fully saturated rings. The fourth-order valence-electron chi connectivity index (χ4n) is 2.80. The van der Waals surface area contributed by atoms with Gasteiger partial charge in [0.2, 0.25) is 11.5 Å². The van der Waals surface area contributed by atoms with Crippen molar-refractivity contribution >= 4 is 17.3 Å². The molecule has 1 aromatic heterocycles. The summed E-state index contributed by atoms with van der Waals surface area (Å²) < 4.78 is 22.0. The molecule has 1 saturated heterocycles. The van der Waals surface area contributed by atoms with Crippen LogP contribution >= 0.6 is 0 Å². The molecule has 1 unspecified atom stereocenters. The fourth-order valence-corrected chi connectivity index (χ4v) is 2.80. The number of benzene rings is 1. The largest absolute Gasteiger partial charge is 0.493 e. The van der Waals surface area contributed by atoms with Crippen LogP contribution in [0.25, 0.3) is 11.0 Å². The number of aldehydes is 1. The molecule has 0 saturated carbocycles. The Hall–Kier alpha value is -3.02. The fraction of sp³-hybridized carbons (Fsp3) is 0.300. The molecule has 2 aromatic rings. The van der Waals surface area contributed by atoms with Crippen molar-refractivity contribution in [1.29, 1.82) is 0 Å². The van der Waals surface area contributed by atoms with Crippen LogP contribution in [0.1, 0.15) is 26.2 Å². The Morgan fingerprint density at radius 1 is 1.31 bits per heavy atom. The van der Waals surface area contributed by atoms with Crippen molar-refractivity contribution in [3.63, 3.8) is 0 Å². The summed E-state index contributed by atoms with van der Waals surface area (Å²) >= 11 is 0. The zero-order chi connectivity index (χ0) is 18.7. The summed E-state index contributed by atoms with van der Waals surface area (Å²) in [5.74, 6) is 0.767. The van der Waals surface area contributed by atoms with E-state index in [1.54, 1.807) is 18.2 Å². The molecule has 1 aromatic carbocycles. The molecule has 136 valence electrons. The normalized spacial score (nSPS) is 18.1. The van der Waals surface area contributed by atoms with E-state index in [0.29, 0.717) is 23.2 Å². The molecule has 0 bridgehead atoms. The van der Waals surface area contributed by atoms with Crippen molar-refractivity contribution < 1.29 is 23.4 Å². The smallest absolute Gasteiger partial charge is 0.336 e. The number of carbonyl (C=O) groups excluding carboxylic acids is 1.